The van der Waals surface area contributed by atoms with Gasteiger partial charge in [0.1, 0.15) is 11.9 Å². The molecule has 0 radical (unpaired) electrons. The molecule has 0 saturated heterocycles. The Balaban J connectivity index is 2.66. The summed E-state index contributed by atoms with van der Waals surface area (Å²) in [7, 11) is 1.13. The molecule has 0 N–H and O–H groups in total. The van der Waals surface area contributed by atoms with Crippen LogP contribution in [0, 0.1) is 0 Å². The van der Waals surface area contributed by atoms with Crippen LogP contribution >= 0.6 is 0 Å². The van der Waals surface area contributed by atoms with E-state index >= 15 is 0 Å². The van der Waals surface area contributed by atoms with Gasteiger partial charge in [0, 0.05) is 32.8 Å². The lowest BCUT2D eigenvalue weighted by Gasteiger charge is -2.39. The molecule has 9 nitrogen and oxygen atoms in total. The van der Waals surface area contributed by atoms with Crippen LogP contribution in [0.3, 0.4) is 0 Å². The number of furan rings is 1. The van der Waals surface area contributed by atoms with Crippen LogP contribution in [0.2, 0.25) is 0 Å². The van der Waals surface area contributed by atoms with Crippen LogP contribution < -0.4 is 0 Å². The highest BCUT2D eigenvalue weighted by Gasteiger charge is 2.52. The molecule has 1 heterocycles. The molecule has 0 spiro atoms. The molecule has 0 fully saturated rings. The molecular weight excluding hydrogens is 360 g/mol. The first-order chi connectivity index (χ1) is 12.7. The summed E-state index contributed by atoms with van der Waals surface area (Å²) >= 11 is 0. The third kappa shape index (κ3) is 4.55. The van der Waals surface area contributed by atoms with Crippen molar-refractivity contribution in [3.8, 4) is 0 Å². The molecule has 1 aliphatic carbocycles. The zero-order valence-electron chi connectivity index (χ0n) is 15.3. The molecule has 0 saturated carbocycles. The van der Waals surface area contributed by atoms with Gasteiger partial charge in [-0.3, -0.25) is 14.4 Å². The molecule has 0 bridgehead atoms. The lowest BCUT2D eigenvalue weighted by atomic mass is 9.81. The van der Waals surface area contributed by atoms with Gasteiger partial charge in [0.2, 0.25) is 5.60 Å². The number of carbonyl (C=O) groups excluding carboxylic acids is 4. The lowest BCUT2D eigenvalue weighted by Crippen LogP contribution is -2.52. The number of methoxy groups -OCH3 is 1. The van der Waals surface area contributed by atoms with E-state index in [1.54, 1.807) is 12.1 Å². The maximum atomic E-state index is 12.5. The van der Waals surface area contributed by atoms with Crippen molar-refractivity contribution in [2.24, 2.45) is 0 Å². The highest BCUT2D eigenvalue weighted by atomic mass is 16.6. The van der Waals surface area contributed by atoms with Crippen molar-refractivity contribution in [3.05, 3.63) is 30.2 Å². The Labute approximate surface area is 155 Å². The minimum atomic E-state index is -1.88. The number of hydrogen-bond acceptors (Lipinski definition) is 9. The van der Waals surface area contributed by atoms with E-state index in [4.69, 9.17) is 23.4 Å². The van der Waals surface area contributed by atoms with Gasteiger partial charge >= 0.3 is 23.9 Å². The number of ether oxygens (including phenoxy) is 4. The topological polar surface area (TPSA) is 118 Å². The van der Waals surface area contributed by atoms with Crippen molar-refractivity contribution in [2.45, 2.75) is 45.0 Å². The fraction of sp³-hybridized carbons (Fsp3) is 0.444. The zero-order chi connectivity index (χ0) is 20.2. The summed E-state index contributed by atoms with van der Waals surface area (Å²) in [6.45, 7) is 3.49. The van der Waals surface area contributed by atoms with E-state index in [1.807, 2.05) is 0 Å². The number of carbonyl (C=O) groups is 4. The fourth-order valence-corrected chi connectivity index (χ4v) is 2.97. The van der Waals surface area contributed by atoms with Crippen LogP contribution in [-0.4, -0.2) is 48.8 Å². The van der Waals surface area contributed by atoms with Crippen molar-refractivity contribution in [1.82, 2.24) is 0 Å². The Morgan fingerprint density at radius 2 is 1.74 bits per heavy atom. The predicted molar refractivity (Wildman–Crippen MR) is 88.9 cm³/mol. The van der Waals surface area contributed by atoms with Crippen molar-refractivity contribution in [2.75, 3.05) is 7.11 Å². The summed E-state index contributed by atoms with van der Waals surface area (Å²) in [5.74, 6) is -2.67. The van der Waals surface area contributed by atoms with E-state index in [-0.39, 0.29) is 17.8 Å². The van der Waals surface area contributed by atoms with Crippen molar-refractivity contribution in [1.29, 1.82) is 0 Å². The van der Waals surface area contributed by atoms with E-state index in [0.717, 1.165) is 14.0 Å². The van der Waals surface area contributed by atoms with Gasteiger partial charge in [0.25, 0.3) is 0 Å². The third-order valence-corrected chi connectivity index (χ3v) is 3.81. The van der Waals surface area contributed by atoms with Crippen LogP contribution in [0.5, 0.6) is 0 Å². The summed E-state index contributed by atoms with van der Waals surface area (Å²) < 4.78 is 26.0. The van der Waals surface area contributed by atoms with Gasteiger partial charge in [-0.15, -0.1) is 0 Å². The summed E-state index contributed by atoms with van der Waals surface area (Å²) in [6, 6.07) is 3.15. The summed E-state index contributed by atoms with van der Waals surface area (Å²) in [5.41, 5.74) is -1.67. The van der Waals surface area contributed by atoms with Gasteiger partial charge in [-0.25, -0.2) is 4.79 Å². The second kappa shape index (κ2) is 8.07. The summed E-state index contributed by atoms with van der Waals surface area (Å²) in [4.78, 5) is 47.3. The smallest absolute Gasteiger partial charge is 0.354 e. The molecule has 27 heavy (non-hydrogen) atoms. The van der Waals surface area contributed by atoms with Crippen LogP contribution in [0.25, 0.3) is 5.57 Å². The van der Waals surface area contributed by atoms with Gasteiger partial charge in [-0.05, 0) is 18.2 Å². The maximum absolute atomic E-state index is 12.5. The van der Waals surface area contributed by atoms with Crippen molar-refractivity contribution >= 4 is 29.5 Å². The molecular formula is C18H20O9. The molecule has 0 aliphatic heterocycles. The van der Waals surface area contributed by atoms with E-state index < -0.39 is 41.7 Å². The largest absolute Gasteiger partial charge is 0.466 e. The molecule has 3 atom stereocenters. The maximum Gasteiger partial charge on any atom is 0.354 e. The molecule has 1 aromatic heterocycles. The van der Waals surface area contributed by atoms with Gasteiger partial charge in [-0.2, -0.15) is 0 Å². The van der Waals surface area contributed by atoms with Gasteiger partial charge in [-0.1, -0.05) is 0 Å². The van der Waals surface area contributed by atoms with Gasteiger partial charge in [0.05, 0.1) is 13.4 Å². The highest BCUT2D eigenvalue weighted by Crippen LogP contribution is 2.39. The molecule has 0 amide bonds. The number of esters is 4. The van der Waals surface area contributed by atoms with E-state index in [9.17, 15) is 19.2 Å². The first-order valence-electron chi connectivity index (χ1n) is 8.07. The van der Waals surface area contributed by atoms with Crippen LogP contribution in [-0.2, 0) is 38.1 Å². The SMILES string of the molecule is COC(=O)[C@]1(OC(C)=O)C=C(c2ccco2)[C@@H](OC(C)=O)C(OC(C)=O)C1. The second-order valence-corrected chi connectivity index (χ2v) is 5.93. The minimum Gasteiger partial charge on any atom is -0.466 e. The monoisotopic (exact) mass is 380 g/mol. The quantitative estimate of drug-likeness (QED) is 0.551. The first kappa shape index (κ1) is 20.2. The summed E-state index contributed by atoms with van der Waals surface area (Å²) in [5, 5.41) is 0. The molecule has 1 unspecified atom stereocenters. The Morgan fingerprint density at radius 1 is 1.07 bits per heavy atom. The number of rotatable bonds is 5. The van der Waals surface area contributed by atoms with Crippen molar-refractivity contribution in [3.63, 3.8) is 0 Å². The third-order valence-electron chi connectivity index (χ3n) is 3.81. The standard InChI is InChI=1S/C18H20O9/c1-10(19)25-15-9-18(17(22)23-4,27-12(3)21)8-13(14-6-5-7-24-14)16(15)26-11(2)20/h5-8,15-16H,9H2,1-4H3/t15?,16-,18+/m1/s1. The molecule has 1 aromatic rings. The van der Waals surface area contributed by atoms with Crippen LogP contribution in [0.1, 0.15) is 33.0 Å². The normalized spacial score (nSPS) is 24.4. The lowest BCUT2D eigenvalue weighted by molar-refractivity contribution is -0.184. The predicted octanol–water partition coefficient (Wildman–Crippen LogP) is 1.40. The Bertz CT molecular complexity index is 762. The Hall–Kier alpha value is -3.10. The molecule has 0 aromatic carbocycles. The Morgan fingerprint density at radius 3 is 2.22 bits per heavy atom. The van der Waals surface area contributed by atoms with Crippen LogP contribution in [0.15, 0.2) is 28.9 Å². The highest BCUT2D eigenvalue weighted by molar-refractivity contribution is 5.89. The second-order valence-electron chi connectivity index (χ2n) is 5.93. The average Bonchev–Trinajstić information content (AvgIpc) is 3.09. The minimum absolute atomic E-state index is 0.208. The zero-order valence-corrected chi connectivity index (χ0v) is 15.3. The van der Waals surface area contributed by atoms with E-state index in [1.165, 1.54) is 26.2 Å². The van der Waals surface area contributed by atoms with E-state index in [0.29, 0.717) is 0 Å². The molecule has 1 aliphatic rings. The summed E-state index contributed by atoms with van der Waals surface area (Å²) in [6.07, 6.45) is 0.205. The fourth-order valence-electron chi connectivity index (χ4n) is 2.97. The number of hydrogen-bond donors (Lipinski definition) is 0. The van der Waals surface area contributed by atoms with Crippen molar-refractivity contribution < 1.29 is 42.5 Å². The van der Waals surface area contributed by atoms with Gasteiger partial charge < -0.3 is 23.4 Å². The van der Waals surface area contributed by atoms with E-state index in [2.05, 4.69) is 0 Å². The molecule has 146 valence electrons. The molecule has 2 rings (SSSR count). The average molecular weight is 380 g/mol. The van der Waals surface area contributed by atoms with Gasteiger partial charge in [0.15, 0.2) is 6.10 Å². The van der Waals surface area contributed by atoms with Crippen LogP contribution in [0.4, 0.5) is 0 Å². The Kier molecular flexibility index (Phi) is 6.04. The first-order valence-corrected chi connectivity index (χ1v) is 8.07. The molecule has 9 heteroatoms.